The molecule has 2 aromatic carbocycles. The van der Waals surface area contributed by atoms with Gasteiger partial charge in [-0.25, -0.2) is 0 Å². The Hall–Kier alpha value is -1.24. The van der Waals surface area contributed by atoms with Crippen LogP contribution in [-0.4, -0.2) is 0 Å². The molecule has 0 spiro atoms. The van der Waals surface area contributed by atoms with Gasteiger partial charge in [-0.2, -0.15) is 5.26 Å². The van der Waals surface area contributed by atoms with Gasteiger partial charge in [-0.05, 0) is 30.3 Å². The molecule has 0 aromatic heterocycles. The van der Waals surface area contributed by atoms with Crippen molar-refractivity contribution in [3.63, 3.8) is 0 Å². The molecule has 0 aliphatic carbocycles. The number of hydrogen-bond donors (Lipinski definition) is 0. The van der Waals surface area contributed by atoms with Crippen LogP contribution in [0.2, 0.25) is 0 Å². The van der Waals surface area contributed by atoms with Crippen molar-refractivity contribution in [2.75, 3.05) is 0 Å². The second kappa shape index (κ2) is 5.20. The van der Waals surface area contributed by atoms with Gasteiger partial charge in [0.2, 0.25) is 0 Å². The maximum atomic E-state index is 9.04. The zero-order valence-electron chi connectivity index (χ0n) is 8.35. The maximum absolute atomic E-state index is 9.04. The number of hydrogen-bond acceptors (Lipinski definition) is 2. The first-order chi connectivity index (χ1) is 7.79. The first-order valence-corrected chi connectivity index (χ1v) is 6.33. The minimum atomic E-state index is 0.697. The molecular weight excluding hydrogens is 282 g/mol. The van der Waals surface area contributed by atoms with Gasteiger partial charge in [0.25, 0.3) is 0 Å². The number of rotatable bonds is 2. The molecule has 0 saturated heterocycles. The van der Waals surface area contributed by atoms with E-state index in [1.807, 2.05) is 48.5 Å². The summed E-state index contributed by atoms with van der Waals surface area (Å²) < 4.78 is 0.932. The summed E-state index contributed by atoms with van der Waals surface area (Å²) in [7, 11) is 0. The predicted molar refractivity (Wildman–Crippen MR) is 69.4 cm³/mol. The Morgan fingerprint density at radius 2 is 1.81 bits per heavy atom. The lowest BCUT2D eigenvalue weighted by molar-refractivity contribution is 1.34. The van der Waals surface area contributed by atoms with Gasteiger partial charge >= 0.3 is 0 Å². The van der Waals surface area contributed by atoms with Gasteiger partial charge in [0, 0.05) is 14.3 Å². The van der Waals surface area contributed by atoms with Crippen LogP contribution in [0.15, 0.2) is 62.8 Å². The van der Waals surface area contributed by atoms with E-state index in [2.05, 4.69) is 22.0 Å². The summed E-state index contributed by atoms with van der Waals surface area (Å²) in [5, 5.41) is 9.04. The minimum Gasteiger partial charge on any atom is -0.192 e. The summed E-state index contributed by atoms with van der Waals surface area (Å²) in [5.41, 5.74) is 0.697. The van der Waals surface area contributed by atoms with Crippen LogP contribution in [0, 0.1) is 11.3 Å². The van der Waals surface area contributed by atoms with Crippen molar-refractivity contribution in [2.45, 2.75) is 9.79 Å². The Morgan fingerprint density at radius 1 is 1.06 bits per heavy atom. The highest BCUT2D eigenvalue weighted by molar-refractivity contribution is 9.10. The second-order valence-corrected chi connectivity index (χ2v) is 5.20. The molecule has 0 fully saturated rings. The molecule has 0 amide bonds. The number of nitrogens with zero attached hydrogens (tertiary/aromatic N) is 1. The van der Waals surface area contributed by atoms with Gasteiger partial charge in [0.1, 0.15) is 6.07 Å². The third-order valence-corrected chi connectivity index (χ3v) is 3.61. The SMILES string of the molecule is N#Cc1cc(Br)ccc1Sc1ccccc1. The van der Waals surface area contributed by atoms with Crippen molar-refractivity contribution >= 4 is 27.7 Å². The average molecular weight is 290 g/mol. The molecule has 2 aromatic rings. The van der Waals surface area contributed by atoms with E-state index < -0.39 is 0 Å². The first kappa shape index (κ1) is 11.3. The molecule has 0 N–H and O–H groups in total. The Balaban J connectivity index is 2.32. The highest BCUT2D eigenvalue weighted by atomic mass is 79.9. The first-order valence-electron chi connectivity index (χ1n) is 4.72. The molecule has 0 aliphatic rings. The Morgan fingerprint density at radius 3 is 2.50 bits per heavy atom. The van der Waals surface area contributed by atoms with Crippen LogP contribution in [0.1, 0.15) is 5.56 Å². The summed E-state index contributed by atoms with van der Waals surface area (Å²) >= 11 is 4.97. The third kappa shape index (κ3) is 2.66. The van der Waals surface area contributed by atoms with Crippen LogP contribution in [0.25, 0.3) is 0 Å². The highest BCUT2D eigenvalue weighted by Gasteiger charge is 2.04. The molecule has 78 valence electrons. The van der Waals surface area contributed by atoms with E-state index in [1.165, 1.54) is 0 Å². The summed E-state index contributed by atoms with van der Waals surface area (Å²) in [6, 6.07) is 18.0. The Kier molecular flexibility index (Phi) is 3.66. The van der Waals surface area contributed by atoms with Crippen molar-refractivity contribution in [1.82, 2.24) is 0 Å². The van der Waals surface area contributed by atoms with Crippen molar-refractivity contribution in [3.05, 3.63) is 58.6 Å². The zero-order chi connectivity index (χ0) is 11.4. The molecule has 0 heterocycles. The molecular formula is C13H8BrNS. The van der Waals surface area contributed by atoms with Crippen molar-refractivity contribution in [1.29, 1.82) is 5.26 Å². The zero-order valence-corrected chi connectivity index (χ0v) is 10.8. The molecule has 16 heavy (non-hydrogen) atoms. The van der Waals surface area contributed by atoms with E-state index in [0.29, 0.717) is 5.56 Å². The smallest absolute Gasteiger partial charge is 0.100 e. The van der Waals surface area contributed by atoms with E-state index in [1.54, 1.807) is 11.8 Å². The molecule has 3 heteroatoms. The van der Waals surface area contributed by atoms with Crippen molar-refractivity contribution < 1.29 is 0 Å². The molecule has 0 radical (unpaired) electrons. The average Bonchev–Trinajstić information content (AvgIpc) is 2.33. The molecule has 0 saturated carbocycles. The highest BCUT2D eigenvalue weighted by Crippen LogP contribution is 2.31. The van der Waals surface area contributed by atoms with Crippen LogP contribution >= 0.6 is 27.7 Å². The third-order valence-electron chi connectivity index (χ3n) is 2.03. The second-order valence-electron chi connectivity index (χ2n) is 3.17. The number of halogens is 1. The topological polar surface area (TPSA) is 23.8 Å². The fourth-order valence-corrected chi connectivity index (χ4v) is 2.55. The fraction of sp³-hybridized carbons (Fsp3) is 0. The van der Waals surface area contributed by atoms with E-state index in [4.69, 9.17) is 5.26 Å². The lowest BCUT2D eigenvalue weighted by Gasteiger charge is -2.03. The maximum Gasteiger partial charge on any atom is 0.100 e. The summed E-state index contributed by atoms with van der Waals surface area (Å²) in [5.74, 6) is 0. The molecule has 0 aliphatic heterocycles. The Bertz CT molecular complexity index is 531. The van der Waals surface area contributed by atoms with Gasteiger partial charge in [0.05, 0.1) is 5.56 Å². The van der Waals surface area contributed by atoms with Crippen LogP contribution in [-0.2, 0) is 0 Å². The lowest BCUT2D eigenvalue weighted by Crippen LogP contribution is -1.81. The Labute approximate surface area is 107 Å². The summed E-state index contributed by atoms with van der Waals surface area (Å²) in [6.07, 6.45) is 0. The molecule has 0 unspecified atom stereocenters. The molecule has 0 atom stereocenters. The van der Waals surface area contributed by atoms with Crippen molar-refractivity contribution in [3.8, 4) is 6.07 Å². The standard InChI is InChI=1S/C13H8BrNS/c14-11-6-7-13(10(8-11)9-15)16-12-4-2-1-3-5-12/h1-8H. The quantitative estimate of drug-likeness (QED) is 0.814. The van der Waals surface area contributed by atoms with Crippen LogP contribution < -0.4 is 0 Å². The van der Waals surface area contributed by atoms with Crippen LogP contribution in [0.4, 0.5) is 0 Å². The minimum absolute atomic E-state index is 0.697. The van der Waals surface area contributed by atoms with Crippen LogP contribution in [0.3, 0.4) is 0 Å². The van der Waals surface area contributed by atoms with Crippen molar-refractivity contribution in [2.24, 2.45) is 0 Å². The van der Waals surface area contributed by atoms with Gasteiger partial charge in [-0.3, -0.25) is 0 Å². The van der Waals surface area contributed by atoms with Gasteiger partial charge in [0.15, 0.2) is 0 Å². The summed E-state index contributed by atoms with van der Waals surface area (Å²) in [6.45, 7) is 0. The normalized spacial score (nSPS) is 9.75. The van der Waals surface area contributed by atoms with E-state index in [-0.39, 0.29) is 0 Å². The largest absolute Gasteiger partial charge is 0.192 e. The van der Waals surface area contributed by atoms with Gasteiger partial charge in [-0.15, -0.1) is 0 Å². The predicted octanol–water partition coefficient (Wildman–Crippen LogP) is 4.47. The summed E-state index contributed by atoms with van der Waals surface area (Å²) in [4.78, 5) is 2.12. The lowest BCUT2D eigenvalue weighted by atomic mass is 10.2. The van der Waals surface area contributed by atoms with Crippen LogP contribution in [0.5, 0.6) is 0 Å². The monoisotopic (exact) mass is 289 g/mol. The fourth-order valence-electron chi connectivity index (χ4n) is 1.29. The molecule has 2 rings (SSSR count). The molecule has 0 bridgehead atoms. The van der Waals surface area contributed by atoms with E-state index in [9.17, 15) is 0 Å². The molecule has 1 nitrogen and oxygen atoms in total. The number of benzene rings is 2. The van der Waals surface area contributed by atoms with Gasteiger partial charge < -0.3 is 0 Å². The van der Waals surface area contributed by atoms with E-state index in [0.717, 1.165) is 14.3 Å². The number of nitriles is 1. The van der Waals surface area contributed by atoms with Gasteiger partial charge in [-0.1, -0.05) is 45.9 Å². The van der Waals surface area contributed by atoms with E-state index >= 15 is 0 Å².